The van der Waals surface area contributed by atoms with Crippen LogP contribution in [0.4, 0.5) is 17.5 Å². The summed E-state index contributed by atoms with van der Waals surface area (Å²) >= 11 is 3.45. The van der Waals surface area contributed by atoms with Gasteiger partial charge in [0, 0.05) is 11.3 Å². The van der Waals surface area contributed by atoms with E-state index in [-0.39, 0.29) is 35.5 Å². The molecule has 3 aromatic rings. The van der Waals surface area contributed by atoms with Gasteiger partial charge in [-0.2, -0.15) is 10.2 Å². The van der Waals surface area contributed by atoms with Crippen LogP contribution in [0.5, 0.6) is 11.5 Å². The van der Waals surface area contributed by atoms with Crippen LogP contribution < -0.4 is 26.3 Å². The molecule has 0 aliphatic heterocycles. The average molecular weight is 497 g/mol. The lowest BCUT2D eigenvalue weighted by atomic mass is 10.1. The highest BCUT2D eigenvalue weighted by Gasteiger charge is 2.19. The lowest BCUT2D eigenvalue weighted by Gasteiger charge is -2.16. The van der Waals surface area contributed by atoms with Gasteiger partial charge < -0.3 is 26.3 Å². The van der Waals surface area contributed by atoms with E-state index in [1.165, 1.54) is 0 Å². The third-order valence-electron chi connectivity index (χ3n) is 4.42. The fraction of sp³-hybridized carbons (Fsp3) is 0.182. The van der Waals surface area contributed by atoms with Gasteiger partial charge in [0.2, 0.25) is 5.95 Å². The monoisotopic (exact) mass is 496 g/mol. The minimum absolute atomic E-state index is 0.0164. The minimum Gasteiger partial charge on any atom is -0.490 e. The van der Waals surface area contributed by atoms with Crippen LogP contribution in [0.1, 0.15) is 18.1 Å². The molecule has 0 saturated carbocycles. The Morgan fingerprint density at radius 3 is 2.66 bits per heavy atom. The van der Waals surface area contributed by atoms with Crippen molar-refractivity contribution in [3.63, 3.8) is 0 Å². The smallest absolute Gasteiger partial charge is 0.262 e. The van der Waals surface area contributed by atoms with E-state index in [0.29, 0.717) is 33.8 Å². The number of aryl methyl sites for hydroxylation is 1. The molecule has 9 nitrogen and oxygen atoms in total. The van der Waals surface area contributed by atoms with Gasteiger partial charge in [0.15, 0.2) is 18.1 Å². The topological polar surface area (TPSA) is 149 Å². The second-order valence-electron chi connectivity index (χ2n) is 6.67. The van der Waals surface area contributed by atoms with Crippen molar-refractivity contribution in [1.29, 1.82) is 5.26 Å². The fourth-order valence-electron chi connectivity index (χ4n) is 2.96. The average Bonchev–Trinajstić information content (AvgIpc) is 2.74. The second kappa shape index (κ2) is 9.98. The van der Waals surface area contributed by atoms with Crippen molar-refractivity contribution in [2.75, 3.05) is 30.0 Å². The first-order chi connectivity index (χ1) is 15.3. The molecule has 0 radical (unpaired) electrons. The van der Waals surface area contributed by atoms with Crippen LogP contribution in [0, 0.1) is 18.3 Å². The zero-order valence-electron chi connectivity index (χ0n) is 17.5. The summed E-state index contributed by atoms with van der Waals surface area (Å²) in [6.07, 6.45) is 0. The number of para-hydroxylation sites is 1. The van der Waals surface area contributed by atoms with E-state index >= 15 is 0 Å². The summed E-state index contributed by atoms with van der Waals surface area (Å²) in [5, 5.41) is 12.3. The number of carbonyl (C=O) groups excluding carboxylic acids is 1. The summed E-state index contributed by atoms with van der Waals surface area (Å²) < 4.78 is 12.0. The number of rotatable bonds is 7. The molecule has 10 heteroatoms. The van der Waals surface area contributed by atoms with Crippen LogP contribution in [0.15, 0.2) is 40.9 Å². The number of benzene rings is 2. The van der Waals surface area contributed by atoms with E-state index in [2.05, 4.69) is 31.2 Å². The van der Waals surface area contributed by atoms with E-state index in [1.54, 1.807) is 12.1 Å². The first-order valence-electron chi connectivity index (χ1n) is 9.62. The zero-order valence-corrected chi connectivity index (χ0v) is 19.1. The summed E-state index contributed by atoms with van der Waals surface area (Å²) in [4.78, 5) is 20.4. The molecule has 0 spiro atoms. The molecule has 164 valence electrons. The van der Waals surface area contributed by atoms with Crippen molar-refractivity contribution in [2.45, 2.75) is 13.8 Å². The number of hydrogen-bond donors (Lipinski definition) is 3. The van der Waals surface area contributed by atoms with Gasteiger partial charge in [-0.15, -0.1) is 0 Å². The number of nitriles is 1. The number of aromatic nitrogens is 2. The van der Waals surface area contributed by atoms with Crippen LogP contribution in [0.25, 0.3) is 11.3 Å². The number of nitrogen functional groups attached to an aromatic ring is 2. The second-order valence-corrected chi connectivity index (χ2v) is 7.53. The standard InChI is InChI=1S/C22H21BrN6O3/c1-3-31-17-9-13(19-14(10-24)21(25)29-22(26)28-19)8-15(23)20(17)32-11-18(30)27-16-7-5-4-6-12(16)2/h4-9H,3,11H2,1-2H3,(H,27,30)(H4,25,26,28,29). The van der Waals surface area contributed by atoms with Gasteiger partial charge in [0.1, 0.15) is 17.5 Å². The molecule has 1 aromatic heterocycles. The molecular formula is C22H21BrN6O3. The van der Waals surface area contributed by atoms with E-state index < -0.39 is 0 Å². The van der Waals surface area contributed by atoms with E-state index in [4.69, 9.17) is 20.9 Å². The Balaban J connectivity index is 1.89. The molecule has 2 aromatic carbocycles. The Labute approximate surface area is 193 Å². The third-order valence-corrected chi connectivity index (χ3v) is 5.00. The summed E-state index contributed by atoms with van der Waals surface area (Å²) in [7, 11) is 0. The maximum absolute atomic E-state index is 12.4. The highest BCUT2D eigenvalue weighted by molar-refractivity contribution is 9.10. The number of nitrogens with two attached hydrogens (primary N) is 2. The molecule has 0 fully saturated rings. The Morgan fingerprint density at radius 1 is 1.22 bits per heavy atom. The summed E-state index contributed by atoms with van der Waals surface area (Å²) in [6.45, 7) is 3.84. The van der Waals surface area contributed by atoms with Crippen molar-refractivity contribution in [1.82, 2.24) is 9.97 Å². The van der Waals surface area contributed by atoms with Crippen molar-refractivity contribution >= 4 is 39.3 Å². The van der Waals surface area contributed by atoms with Crippen molar-refractivity contribution in [2.24, 2.45) is 0 Å². The Bertz CT molecular complexity index is 1210. The van der Waals surface area contributed by atoms with Crippen LogP contribution in [-0.4, -0.2) is 29.1 Å². The van der Waals surface area contributed by atoms with Crippen molar-refractivity contribution < 1.29 is 14.3 Å². The predicted octanol–water partition coefficient (Wildman–Crippen LogP) is 3.67. The maximum Gasteiger partial charge on any atom is 0.262 e. The molecule has 0 atom stereocenters. The third kappa shape index (κ3) is 5.07. The van der Waals surface area contributed by atoms with Crippen LogP contribution >= 0.6 is 15.9 Å². The Kier molecular flexibility index (Phi) is 7.12. The molecule has 5 N–H and O–H groups in total. The van der Waals surface area contributed by atoms with E-state index in [1.807, 2.05) is 44.2 Å². The van der Waals surface area contributed by atoms with Gasteiger partial charge in [-0.3, -0.25) is 4.79 Å². The van der Waals surface area contributed by atoms with E-state index in [0.717, 1.165) is 5.56 Å². The fourth-order valence-corrected chi connectivity index (χ4v) is 3.52. The first-order valence-corrected chi connectivity index (χ1v) is 10.4. The Morgan fingerprint density at radius 2 is 1.97 bits per heavy atom. The van der Waals surface area contributed by atoms with Crippen LogP contribution in [0.2, 0.25) is 0 Å². The van der Waals surface area contributed by atoms with E-state index in [9.17, 15) is 10.1 Å². The summed E-state index contributed by atoms with van der Waals surface area (Å²) in [5.41, 5.74) is 14.1. The number of ether oxygens (including phenoxy) is 2. The maximum atomic E-state index is 12.4. The highest BCUT2D eigenvalue weighted by Crippen LogP contribution is 2.40. The van der Waals surface area contributed by atoms with Gasteiger partial charge >= 0.3 is 0 Å². The van der Waals surface area contributed by atoms with Gasteiger partial charge in [-0.1, -0.05) is 18.2 Å². The predicted molar refractivity (Wildman–Crippen MR) is 125 cm³/mol. The lowest BCUT2D eigenvalue weighted by Crippen LogP contribution is -2.21. The minimum atomic E-state index is -0.319. The molecule has 32 heavy (non-hydrogen) atoms. The quantitative estimate of drug-likeness (QED) is 0.448. The number of halogens is 1. The Hall–Kier alpha value is -3.84. The normalized spacial score (nSPS) is 10.3. The molecule has 0 aliphatic rings. The summed E-state index contributed by atoms with van der Waals surface area (Å²) in [5.74, 6) is 0.307. The number of amides is 1. The SMILES string of the molecule is CCOc1cc(-c2nc(N)nc(N)c2C#N)cc(Br)c1OCC(=O)Nc1ccccc1C. The summed E-state index contributed by atoms with van der Waals surface area (Å²) in [6, 6.07) is 12.8. The first kappa shape index (κ1) is 22.8. The number of nitrogens with one attached hydrogen (secondary N) is 1. The van der Waals surface area contributed by atoms with Gasteiger partial charge in [-0.25, -0.2) is 4.98 Å². The molecular weight excluding hydrogens is 476 g/mol. The van der Waals surface area contributed by atoms with Crippen molar-refractivity contribution in [3.05, 3.63) is 52.0 Å². The molecule has 3 rings (SSSR count). The molecule has 1 amide bonds. The van der Waals surface area contributed by atoms with Crippen molar-refractivity contribution in [3.8, 4) is 28.8 Å². The highest BCUT2D eigenvalue weighted by atomic mass is 79.9. The number of hydrogen-bond acceptors (Lipinski definition) is 8. The lowest BCUT2D eigenvalue weighted by molar-refractivity contribution is -0.118. The number of anilines is 3. The molecule has 1 heterocycles. The largest absolute Gasteiger partial charge is 0.490 e. The number of nitrogens with zero attached hydrogens (tertiary/aromatic N) is 3. The van der Waals surface area contributed by atoms with Gasteiger partial charge in [-0.05, 0) is 53.5 Å². The van der Waals surface area contributed by atoms with Crippen LogP contribution in [-0.2, 0) is 4.79 Å². The van der Waals surface area contributed by atoms with Gasteiger partial charge in [0.25, 0.3) is 5.91 Å². The van der Waals surface area contributed by atoms with Crippen LogP contribution in [0.3, 0.4) is 0 Å². The van der Waals surface area contributed by atoms with Gasteiger partial charge in [0.05, 0.1) is 16.8 Å². The molecule has 0 aliphatic carbocycles. The zero-order chi connectivity index (χ0) is 23.3. The molecule has 0 unspecified atom stereocenters. The molecule has 0 saturated heterocycles. The number of carbonyl (C=O) groups is 1. The molecule has 0 bridgehead atoms.